The maximum Gasteiger partial charge on any atom is 0.416 e. The fourth-order valence-electron chi connectivity index (χ4n) is 1.65. The second-order valence-electron chi connectivity index (χ2n) is 4.20. The van der Waals surface area contributed by atoms with E-state index < -0.39 is 11.7 Å². The molecule has 2 aromatic rings. The van der Waals surface area contributed by atoms with E-state index in [4.69, 9.17) is 5.11 Å². The number of halogens is 3. The Morgan fingerprint density at radius 2 is 1.75 bits per heavy atom. The van der Waals surface area contributed by atoms with Crippen LogP contribution in [-0.4, -0.2) is 10.1 Å². The number of aliphatic hydroxyl groups is 1. The number of pyridine rings is 1. The minimum Gasteiger partial charge on any atom is -0.392 e. The quantitative estimate of drug-likeness (QED) is 0.928. The van der Waals surface area contributed by atoms with Crippen LogP contribution in [0.15, 0.2) is 42.6 Å². The monoisotopic (exact) mass is 279 g/mol. The molecule has 2 nitrogen and oxygen atoms in total. The maximum absolute atomic E-state index is 12.4. The third-order valence-corrected chi connectivity index (χ3v) is 2.71. The smallest absolute Gasteiger partial charge is 0.392 e. The van der Waals surface area contributed by atoms with Crippen LogP contribution < -0.4 is 0 Å². The van der Waals surface area contributed by atoms with Crippen LogP contribution in [0.25, 0.3) is 12.2 Å². The van der Waals surface area contributed by atoms with Gasteiger partial charge < -0.3 is 5.11 Å². The van der Waals surface area contributed by atoms with E-state index >= 15 is 0 Å². The summed E-state index contributed by atoms with van der Waals surface area (Å²) in [5, 5.41) is 9.00. The van der Waals surface area contributed by atoms with Crippen molar-refractivity contribution >= 4 is 12.2 Å². The van der Waals surface area contributed by atoms with Crippen molar-refractivity contribution in [2.45, 2.75) is 12.8 Å². The number of hydrogen-bond donors (Lipinski definition) is 1. The topological polar surface area (TPSA) is 33.1 Å². The van der Waals surface area contributed by atoms with Crippen molar-refractivity contribution in [3.63, 3.8) is 0 Å². The zero-order chi connectivity index (χ0) is 14.6. The first kappa shape index (κ1) is 14.3. The third-order valence-electron chi connectivity index (χ3n) is 2.71. The van der Waals surface area contributed by atoms with Gasteiger partial charge in [0.2, 0.25) is 0 Å². The van der Waals surface area contributed by atoms with Crippen molar-refractivity contribution in [2.75, 3.05) is 0 Å². The molecule has 1 aromatic heterocycles. The van der Waals surface area contributed by atoms with Crippen LogP contribution in [0.3, 0.4) is 0 Å². The third kappa shape index (κ3) is 3.68. The van der Waals surface area contributed by atoms with Gasteiger partial charge in [-0.2, -0.15) is 13.2 Å². The van der Waals surface area contributed by atoms with Crippen molar-refractivity contribution in [1.82, 2.24) is 4.98 Å². The number of hydrogen-bond acceptors (Lipinski definition) is 2. The summed E-state index contributed by atoms with van der Waals surface area (Å²) in [5.74, 6) is 0. The molecule has 1 heterocycles. The summed E-state index contributed by atoms with van der Waals surface area (Å²) in [4.78, 5) is 4.08. The van der Waals surface area contributed by atoms with Gasteiger partial charge in [0.25, 0.3) is 0 Å². The SMILES string of the molecule is OCc1ccnc(/C=C/c2ccc(C(F)(F)F)cc2)c1. The lowest BCUT2D eigenvalue weighted by molar-refractivity contribution is -0.137. The Morgan fingerprint density at radius 1 is 1.05 bits per heavy atom. The molecule has 0 fully saturated rings. The van der Waals surface area contributed by atoms with Gasteiger partial charge in [0, 0.05) is 6.20 Å². The maximum atomic E-state index is 12.4. The second kappa shape index (κ2) is 5.88. The molecule has 104 valence electrons. The molecule has 0 atom stereocenters. The highest BCUT2D eigenvalue weighted by molar-refractivity contribution is 5.68. The Balaban J connectivity index is 2.15. The second-order valence-corrected chi connectivity index (χ2v) is 4.20. The minimum atomic E-state index is -4.32. The fraction of sp³-hybridized carbons (Fsp3) is 0.133. The predicted octanol–water partition coefficient (Wildman–Crippen LogP) is 3.76. The molecule has 0 saturated heterocycles. The average Bonchev–Trinajstić information content (AvgIpc) is 2.45. The Hall–Kier alpha value is -2.14. The van der Waals surface area contributed by atoms with Crippen LogP contribution in [0.5, 0.6) is 0 Å². The zero-order valence-electron chi connectivity index (χ0n) is 10.4. The molecule has 20 heavy (non-hydrogen) atoms. The summed E-state index contributed by atoms with van der Waals surface area (Å²) in [6.07, 6.45) is 0.600. The highest BCUT2D eigenvalue weighted by Gasteiger charge is 2.29. The number of aromatic nitrogens is 1. The summed E-state index contributed by atoms with van der Waals surface area (Å²) in [7, 11) is 0. The van der Waals surface area contributed by atoms with Crippen molar-refractivity contribution in [1.29, 1.82) is 0 Å². The lowest BCUT2D eigenvalue weighted by Gasteiger charge is -2.05. The minimum absolute atomic E-state index is 0.0797. The van der Waals surface area contributed by atoms with E-state index in [1.807, 2.05) is 0 Å². The molecule has 0 bridgehead atoms. The van der Waals surface area contributed by atoms with E-state index in [0.29, 0.717) is 11.3 Å². The van der Waals surface area contributed by atoms with E-state index in [9.17, 15) is 13.2 Å². The van der Waals surface area contributed by atoms with Crippen molar-refractivity contribution in [3.05, 3.63) is 65.0 Å². The first-order chi connectivity index (χ1) is 9.49. The van der Waals surface area contributed by atoms with Gasteiger partial charge in [-0.15, -0.1) is 0 Å². The van der Waals surface area contributed by atoms with Crippen molar-refractivity contribution in [3.8, 4) is 0 Å². The van der Waals surface area contributed by atoms with Gasteiger partial charge in [-0.1, -0.05) is 18.2 Å². The molecule has 0 aliphatic carbocycles. The molecule has 5 heteroatoms. The highest BCUT2D eigenvalue weighted by atomic mass is 19.4. The van der Waals surface area contributed by atoms with E-state index in [1.165, 1.54) is 12.1 Å². The summed E-state index contributed by atoms with van der Waals surface area (Å²) < 4.78 is 37.2. The molecule has 0 saturated carbocycles. The lowest BCUT2D eigenvalue weighted by Crippen LogP contribution is -2.03. The van der Waals surface area contributed by atoms with E-state index in [1.54, 1.807) is 30.5 Å². The van der Waals surface area contributed by atoms with Gasteiger partial charge in [0.1, 0.15) is 0 Å². The van der Waals surface area contributed by atoms with Crippen LogP contribution in [0, 0.1) is 0 Å². The van der Waals surface area contributed by atoms with Gasteiger partial charge in [0.15, 0.2) is 0 Å². The van der Waals surface area contributed by atoms with Crippen LogP contribution in [0.1, 0.15) is 22.4 Å². The predicted molar refractivity (Wildman–Crippen MR) is 70.5 cm³/mol. The average molecular weight is 279 g/mol. The molecule has 0 aliphatic heterocycles. The Labute approximate surface area is 114 Å². The standard InChI is InChI=1S/C15H12F3NO/c16-15(17,18)13-4-1-11(2-5-13)3-6-14-9-12(10-20)7-8-19-14/h1-9,20H,10H2/b6-3+. The van der Waals surface area contributed by atoms with Gasteiger partial charge in [-0.25, -0.2) is 0 Å². The van der Waals surface area contributed by atoms with E-state index in [0.717, 1.165) is 17.7 Å². The molecule has 1 aromatic carbocycles. The summed E-state index contributed by atoms with van der Waals surface area (Å²) in [6.45, 7) is -0.0797. The Kier molecular flexibility index (Phi) is 4.20. The molecule has 0 spiro atoms. The number of nitrogens with zero attached hydrogens (tertiary/aromatic N) is 1. The van der Waals surface area contributed by atoms with Crippen molar-refractivity contribution < 1.29 is 18.3 Å². The molecular weight excluding hydrogens is 267 g/mol. The van der Waals surface area contributed by atoms with Gasteiger partial charge in [-0.05, 0) is 41.5 Å². The molecule has 0 radical (unpaired) electrons. The Bertz CT molecular complexity index is 603. The molecular formula is C15H12F3NO. The largest absolute Gasteiger partial charge is 0.416 e. The van der Waals surface area contributed by atoms with Gasteiger partial charge >= 0.3 is 6.18 Å². The summed E-state index contributed by atoms with van der Waals surface area (Å²) >= 11 is 0. The molecule has 1 N–H and O–H groups in total. The molecule has 0 amide bonds. The summed E-state index contributed by atoms with van der Waals surface area (Å²) in [6, 6.07) is 8.27. The first-order valence-corrected chi connectivity index (χ1v) is 5.90. The Morgan fingerprint density at radius 3 is 2.35 bits per heavy atom. The zero-order valence-corrected chi connectivity index (χ0v) is 10.4. The van der Waals surface area contributed by atoms with E-state index in [2.05, 4.69) is 4.98 Å². The van der Waals surface area contributed by atoms with Gasteiger partial charge in [0.05, 0.1) is 17.9 Å². The molecule has 0 aliphatic rings. The van der Waals surface area contributed by atoms with Crippen molar-refractivity contribution in [2.24, 2.45) is 0 Å². The normalized spacial score (nSPS) is 12.0. The van der Waals surface area contributed by atoms with E-state index in [-0.39, 0.29) is 6.61 Å². The highest BCUT2D eigenvalue weighted by Crippen LogP contribution is 2.29. The van der Waals surface area contributed by atoms with Gasteiger partial charge in [-0.3, -0.25) is 4.98 Å². The number of alkyl halides is 3. The summed E-state index contributed by atoms with van der Waals surface area (Å²) in [5.41, 5.74) is 1.34. The van der Waals surface area contributed by atoms with Crippen LogP contribution >= 0.6 is 0 Å². The van der Waals surface area contributed by atoms with Crippen LogP contribution in [0.4, 0.5) is 13.2 Å². The molecule has 0 unspecified atom stereocenters. The number of rotatable bonds is 3. The fourth-order valence-corrected chi connectivity index (χ4v) is 1.65. The molecule has 2 rings (SSSR count). The first-order valence-electron chi connectivity index (χ1n) is 5.90. The number of benzene rings is 1. The lowest BCUT2D eigenvalue weighted by atomic mass is 10.1. The van der Waals surface area contributed by atoms with Crippen LogP contribution in [-0.2, 0) is 12.8 Å². The number of aliphatic hydroxyl groups excluding tert-OH is 1. The van der Waals surface area contributed by atoms with Crippen LogP contribution in [0.2, 0.25) is 0 Å².